The smallest absolute Gasteiger partial charge is 0.211 e. The summed E-state index contributed by atoms with van der Waals surface area (Å²) in [6, 6.07) is 26.6. The number of hydrogen-bond acceptors (Lipinski definition) is 3. The van der Waals surface area contributed by atoms with Crippen LogP contribution in [0.4, 0.5) is 0 Å². The fourth-order valence-electron chi connectivity index (χ4n) is 2.89. The highest BCUT2D eigenvalue weighted by Gasteiger charge is 2.14. The SMILES string of the molecule is Cc1cccc(Oc2cccc(O)c2Oc2cccc3ccccc23)c1. The molecule has 0 spiro atoms. The largest absolute Gasteiger partial charge is 0.504 e. The Hall–Kier alpha value is -3.46. The molecule has 0 aliphatic rings. The zero-order valence-electron chi connectivity index (χ0n) is 14.3. The van der Waals surface area contributed by atoms with Crippen LogP contribution < -0.4 is 9.47 Å². The first-order valence-corrected chi connectivity index (χ1v) is 8.43. The van der Waals surface area contributed by atoms with Crippen LogP contribution in [0, 0.1) is 6.92 Å². The molecule has 0 radical (unpaired) electrons. The highest BCUT2D eigenvalue weighted by molar-refractivity contribution is 5.88. The van der Waals surface area contributed by atoms with Crippen molar-refractivity contribution in [1.29, 1.82) is 0 Å². The summed E-state index contributed by atoms with van der Waals surface area (Å²) in [6.07, 6.45) is 0. The molecule has 0 atom stereocenters. The number of para-hydroxylation sites is 1. The summed E-state index contributed by atoms with van der Waals surface area (Å²) in [5, 5.41) is 12.4. The van der Waals surface area contributed by atoms with Gasteiger partial charge in [0.15, 0.2) is 11.5 Å². The van der Waals surface area contributed by atoms with E-state index in [1.165, 1.54) is 0 Å². The monoisotopic (exact) mass is 342 g/mol. The van der Waals surface area contributed by atoms with Gasteiger partial charge in [-0.1, -0.05) is 54.6 Å². The van der Waals surface area contributed by atoms with Crippen LogP contribution in [0.5, 0.6) is 28.7 Å². The predicted molar refractivity (Wildman–Crippen MR) is 103 cm³/mol. The Morgan fingerprint density at radius 1 is 0.692 bits per heavy atom. The Bertz CT molecular complexity index is 1060. The summed E-state index contributed by atoms with van der Waals surface area (Å²) >= 11 is 0. The summed E-state index contributed by atoms with van der Waals surface area (Å²) in [7, 11) is 0. The van der Waals surface area contributed by atoms with Crippen molar-refractivity contribution in [2.45, 2.75) is 6.92 Å². The molecule has 128 valence electrons. The maximum absolute atomic E-state index is 10.4. The molecule has 0 heterocycles. The second-order valence-electron chi connectivity index (χ2n) is 6.10. The van der Waals surface area contributed by atoms with Crippen LogP contribution in [0.1, 0.15) is 5.56 Å². The Labute approximate surface area is 152 Å². The lowest BCUT2D eigenvalue weighted by atomic mass is 10.1. The summed E-state index contributed by atoms with van der Waals surface area (Å²) in [5.74, 6) is 2.15. The molecule has 26 heavy (non-hydrogen) atoms. The van der Waals surface area contributed by atoms with Gasteiger partial charge in [0.2, 0.25) is 5.75 Å². The Morgan fingerprint density at radius 2 is 1.42 bits per heavy atom. The van der Waals surface area contributed by atoms with Crippen LogP contribution >= 0.6 is 0 Å². The normalized spacial score (nSPS) is 10.7. The zero-order valence-corrected chi connectivity index (χ0v) is 14.3. The fourth-order valence-corrected chi connectivity index (χ4v) is 2.89. The standard InChI is InChI=1S/C23H18O3/c1-16-7-4-10-18(15-16)25-22-14-6-12-20(24)23(22)26-21-13-5-9-17-8-2-3-11-19(17)21/h2-15,24H,1H3. The lowest BCUT2D eigenvalue weighted by molar-refractivity contribution is 0.383. The van der Waals surface area contributed by atoms with E-state index in [0.29, 0.717) is 23.0 Å². The minimum absolute atomic E-state index is 0.0306. The van der Waals surface area contributed by atoms with E-state index in [9.17, 15) is 5.11 Å². The minimum Gasteiger partial charge on any atom is -0.504 e. The number of aromatic hydroxyl groups is 1. The highest BCUT2D eigenvalue weighted by atomic mass is 16.5. The van der Waals surface area contributed by atoms with Crippen molar-refractivity contribution in [1.82, 2.24) is 0 Å². The maximum atomic E-state index is 10.4. The average molecular weight is 342 g/mol. The van der Waals surface area contributed by atoms with E-state index in [2.05, 4.69) is 0 Å². The lowest BCUT2D eigenvalue weighted by Crippen LogP contribution is -1.92. The summed E-state index contributed by atoms with van der Waals surface area (Å²) in [6.45, 7) is 2.00. The summed E-state index contributed by atoms with van der Waals surface area (Å²) < 4.78 is 12.1. The zero-order chi connectivity index (χ0) is 17.9. The molecule has 0 unspecified atom stereocenters. The van der Waals surface area contributed by atoms with Crippen molar-refractivity contribution in [2.75, 3.05) is 0 Å². The van der Waals surface area contributed by atoms with Crippen molar-refractivity contribution in [2.24, 2.45) is 0 Å². The number of hydrogen-bond donors (Lipinski definition) is 1. The van der Waals surface area contributed by atoms with Gasteiger partial charge in [-0.3, -0.25) is 0 Å². The van der Waals surface area contributed by atoms with Gasteiger partial charge in [-0.05, 0) is 48.2 Å². The van der Waals surface area contributed by atoms with Gasteiger partial charge in [-0.2, -0.15) is 0 Å². The van der Waals surface area contributed by atoms with Crippen LogP contribution in [0.2, 0.25) is 0 Å². The van der Waals surface area contributed by atoms with E-state index in [0.717, 1.165) is 16.3 Å². The molecule has 0 saturated heterocycles. The predicted octanol–water partition coefficient (Wildman–Crippen LogP) is 6.44. The van der Waals surface area contributed by atoms with E-state index in [1.807, 2.05) is 73.7 Å². The van der Waals surface area contributed by atoms with E-state index in [4.69, 9.17) is 9.47 Å². The topological polar surface area (TPSA) is 38.7 Å². The molecule has 0 saturated carbocycles. The van der Waals surface area contributed by atoms with Crippen LogP contribution in [0.25, 0.3) is 10.8 Å². The van der Waals surface area contributed by atoms with Gasteiger partial charge < -0.3 is 14.6 Å². The van der Waals surface area contributed by atoms with Gasteiger partial charge in [-0.15, -0.1) is 0 Å². The summed E-state index contributed by atoms with van der Waals surface area (Å²) in [4.78, 5) is 0. The van der Waals surface area contributed by atoms with E-state index >= 15 is 0 Å². The van der Waals surface area contributed by atoms with Gasteiger partial charge >= 0.3 is 0 Å². The third kappa shape index (κ3) is 3.20. The minimum atomic E-state index is 0.0306. The Kier molecular flexibility index (Phi) is 4.20. The molecule has 0 aromatic heterocycles. The van der Waals surface area contributed by atoms with Crippen LogP contribution in [0.15, 0.2) is 84.9 Å². The Balaban J connectivity index is 1.74. The number of phenolic OH excluding ortho intramolecular Hbond substituents is 1. The van der Waals surface area contributed by atoms with Crippen LogP contribution in [0.3, 0.4) is 0 Å². The van der Waals surface area contributed by atoms with Crippen molar-refractivity contribution in [3.05, 3.63) is 90.5 Å². The number of ether oxygens (including phenoxy) is 2. The third-order valence-electron chi connectivity index (χ3n) is 4.14. The Morgan fingerprint density at radius 3 is 2.31 bits per heavy atom. The third-order valence-corrected chi connectivity index (χ3v) is 4.14. The molecule has 0 bridgehead atoms. The highest BCUT2D eigenvalue weighted by Crippen LogP contribution is 2.43. The first-order chi connectivity index (χ1) is 12.7. The quantitative estimate of drug-likeness (QED) is 0.464. The van der Waals surface area contributed by atoms with E-state index in [1.54, 1.807) is 18.2 Å². The van der Waals surface area contributed by atoms with E-state index in [-0.39, 0.29) is 5.75 Å². The average Bonchev–Trinajstić information content (AvgIpc) is 2.65. The number of benzene rings is 4. The maximum Gasteiger partial charge on any atom is 0.211 e. The summed E-state index contributed by atoms with van der Waals surface area (Å²) in [5.41, 5.74) is 1.10. The number of fused-ring (bicyclic) bond motifs is 1. The van der Waals surface area contributed by atoms with Crippen molar-refractivity contribution >= 4 is 10.8 Å². The van der Waals surface area contributed by atoms with Crippen molar-refractivity contribution in [3.63, 3.8) is 0 Å². The first kappa shape index (κ1) is 16.0. The van der Waals surface area contributed by atoms with Crippen LogP contribution in [-0.4, -0.2) is 5.11 Å². The van der Waals surface area contributed by atoms with Crippen LogP contribution in [-0.2, 0) is 0 Å². The second kappa shape index (κ2) is 6.81. The van der Waals surface area contributed by atoms with E-state index < -0.39 is 0 Å². The molecule has 4 rings (SSSR count). The molecule has 4 aromatic rings. The number of aryl methyl sites for hydroxylation is 1. The van der Waals surface area contributed by atoms with Gasteiger partial charge in [-0.25, -0.2) is 0 Å². The van der Waals surface area contributed by atoms with Gasteiger partial charge in [0.1, 0.15) is 11.5 Å². The van der Waals surface area contributed by atoms with Gasteiger partial charge in [0, 0.05) is 5.39 Å². The molecular formula is C23H18O3. The van der Waals surface area contributed by atoms with Crippen molar-refractivity contribution < 1.29 is 14.6 Å². The molecule has 4 aromatic carbocycles. The number of rotatable bonds is 4. The molecule has 0 aliphatic heterocycles. The van der Waals surface area contributed by atoms with Gasteiger partial charge in [0.25, 0.3) is 0 Å². The number of phenols is 1. The molecular weight excluding hydrogens is 324 g/mol. The molecule has 0 fully saturated rings. The van der Waals surface area contributed by atoms with Gasteiger partial charge in [0.05, 0.1) is 0 Å². The molecule has 1 N–H and O–H groups in total. The fraction of sp³-hybridized carbons (Fsp3) is 0.0435. The molecule has 3 nitrogen and oxygen atoms in total. The molecule has 0 aliphatic carbocycles. The lowest BCUT2D eigenvalue weighted by Gasteiger charge is -2.15. The van der Waals surface area contributed by atoms with Crippen molar-refractivity contribution in [3.8, 4) is 28.7 Å². The first-order valence-electron chi connectivity index (χ1n) is 8.43. The molecule has 3 heteroatoms. The molecule has 0 amide bonds. The second-order valence-corrected chi connectivity index (χ2v) is 6.10.